The minimum absolute atomic E-state index is 0.335. The number of carbonyl (C=O) groups excluding carboxylic acids is 1. The number of aromatic nitrogens is 2. The van der Waals surface area contributed by atoms with Crippen LogP contribution in [0.15, 0.2) is 18.3 Å². The first-order chi connectivity index (χ1) is 11.2. The number of ether oxygens (including phenoxy) is 1. The molecule has 0 atom stereocenters. The Bertz CT molecular complexity index is 687. The number of esters is 1. The van der Waals surface area contributed by atoms with Crippen LogP contribution >= 0.6 is 0 Å². The third-order valence-corrected chi connectivity index (χ3v) is 4.22. The molecule has 1 N–H and O–H groups in total. The number of nitrogens with zero attached hydrogens (tertiary/aromatic N) is 3. The van der Waals surface area contributed by atoms with Crippen molar-refractivity contribution in [3.05, 3.63) is 35.3 Å². The molecule has 0 bridgehead atoms. The summed E-state index contributed by atoms with van der Waals surface area (Å²) in [6.45, 7) is 8.92. The van der Waals surface area contributed by atoms with Crippen molar-refractivity contribution in [3.8, 4) is 0 Å². The summed E-state index contributed by atoms with van der Waals surface area (Å²) >= 11 is 0. The molecule has 6 nitrogen and oxygen atoms in total. The van der Waals surface area contributed by atoms with Gasteiger partial charge in [0.2, 0.25) is 0 Å². The van der Waals surface area contributed by atoms with Crippen molar-refractivity contribution in [2.24, 2.45) is 0 Å². The van der Waals surface area contributed by atoms with Crippen LogP contribution in [-0.2, 0) is 11.3 Å². The highest BCUT2D eigenvalue weighted by atomic mass is 16.5. The zero-order valence-corrected chi connectivity index (χ0v) is 13.8. The average Bonchev–Trinajstić information content (AvgIpc) is 2.72. The molecule has 1 aliphatic heterocycles. The second-order valence-corrected chi connectivity index (χ2v) is 5.89. The van der Waals surface area contributed by atoms with Gasteiger partial charge in [-0.05, 0) is 45.0 Å². The lowest BCUT2D eigenvalue weighted by Gasteiger charge is -2.19. The number of carbonyl (C=O) groups is 1. The van der Waals surface area contributed by atoms with Crippen molar-refractivity contribution in [1.29, 1.82) is 0 Å². The van der Waals surface area contributed by atoms with Gasteiger partial charge >= 0.3 is 5.97 Å². The molecule has 0 aromatic carbocycles. The van der Waals surface area contributed by atoms with E-state index in [0.29, 0.717) is 18.8 Å². The molecule has 2 aromatic rings. The molecule has 0 saturated carbocycles. The van der Waals surface area contributed by atoms with Crippen molar-refractivity contribution in [2.75, 3.05) is 32.8 Å². The summed E-state index contributed by atoms with van der Waals surface area (Å²) < 4.78 is 7.23. The largest absolute Gasteiger partial charge is 0.461 e. The molecule has 1 fully saturated rings. The van der Waals surface area contributed by atoms with Gasteiger partial charge in [-0.3, -0.25) is 4.90 Å². The summed E-state index contributed by atoms with van der Waals surface area (Å²) in [7, 11) is 0. The number of aryl methyl sites for hydroxylation is 1. The topological polar surface area (TPSA) is 58.9 Å². The van der Waals surface area contributed by atoms with Crippen molar-refractivity contribution >= 4 is 11.6 Å². The van der Waals surface area contributed by atoms with E-state index in [1.54, 1.807) is 0 Å². The molecular formula is C17H24N4O2. The zero-order chi connectivity index (χ0) is 16.2. The minimum Gasteiger partial charge on any atom is -0.461 e. The van der Waals surface area contributed by atoms with E-state index >= 15 is 0 Å². The fourth-order valence-electron chi connectivity index (χ4n) is 3.04. The van der Waals surface area contributed by atoms with Crippen LogP contribution in [0.1, 0.15) is 35.1 Å². The van der Waals surface area contributed by atoms with Gasteiger partial charge in [0, 0.05) is 25.8 Å². The molecular weight excluding hydrogens is 292 g/mol. The van der Waals surface area contributed by atoms with Gasteiger partial charge in [0.15, 0.2) is 5.69 Å². The third kappa shape index (κ3) is 3.38. The van der Waals surface area contributed by atoms with E-state index in [0.717, 1.165) is 49.5 Å². The Morgan fingerprint density at radius 3 is 3.09 bits per heavy atom. The number of pyridine rings is 1. The molecule has 3 heterocycles. The maximum absolute atomic E-state index is 12.3. The van der Waals surface area contributed by atoms with Gasteiger partial charge in [0.05, 0.1) is 12.3 Å². The van der Waals surface area contributed by atoms with E-state index in [2.05, 4.69) is 15.2 Å². The summed E-state index contributed by atoms with van der Waals surface area (Å²) in [6.07, 6.45) is 3.09. The van der Waals surface area contributed by atoms with Gasteiger partial charge in [-0.25, -0.2) is 9.78 Å². The highest BCUT2D eigenvalue weighted by molar-refractivity contribution is 5.89. The van der Waals surface area contributed by atoms with Crippen LogP contribution in [0.3, 0.4) is 0 Å². The van der Waals surface area contributed by atoms with Crippen LogP contribution in [-0.4, -0.2) is 53.0 Å². The van der Waals surface area contributed by atoms with Crippen molar-refractivity contribution in [3.63, 3.8) is 0 Å². The van der Waals surface area contributed by atoms with E-state index < -0.39 is 0 Å². The van der Waals surface area contributed by atoms with Crippen LogP contribution in [0.25, 0.3) is 5.65 Å². The summed E-state index contributed by atoms with van der Waals surface area (Å²) in [4.78, 5) is 19.3. The molecule has 0 aliphatic carbocycles. The quantitative estimate of drug-likeness (QED) is 0.869. The first kappa shape index (κ1) is 16.0. The fraction of sp³-hybridized carbons (Fsp3) is 0.529. The average molecular weight is 316 g/mol. The van der Waals surface area contributed by atoms with Crippen LogP contribution in [0, 0.1) is 6.92 Å². The van der Waals surface area contributed by atoms with Crippen LogP contribution in [0.5, 0.6) is 0 Å². The molecule has 124 valence electrons. The van der Waals surface area contributed by atoms with Gasteiger partial charge in [0.25, 0.3) is 0 Å². The van der Waals surface area contributed by atoms with Gasteiger partial charge in [-0.1, -0.05) is 6.07 Å². The Hall–Kier alpha value is -1.92. The Kier molecular flexibility index (Phi) is 4.93. The smallest absolute Gasteiger partial charge is 0.358 e. The maximum atomic E-state index is 12.3. The first-order valence-electron chi connectivity index (χ1n) is 8.27. The van der Waals surface area contributed by atoms with Gasteiger partial charge in [0.1, 0.15) is 5.65 Å². The fourth-order valence-corrected chi connectivity index (χ4v) is 3.04. The lowest BCUT2D eigenvalue weighted by molar-refractivity contribution is 0.0517. The number of hydrogen-bond donors (Lipinski definition) is 1. The SMILES string of the molecule is CCOC(=O)c1nc2c(C)cccn2c1CN1CCCNCC1. The summed E-state index contributed by atoms with van der Waals surface area (Å²) in [6, 6.07) is 4.00. The molecule has 1 aliphatic rings. The van der Waals surface area contributed by atoms with Crippen molar-refractivity contribution < 1.29 is 9.53 Å². The normalized spacial score (nSPS) is 16.4. The maximum Gasteiger partial charge on any atom is 0.358 e. The second kappa shape index (κ2) is 7.10. The van der Waals surface area contributed by atoms with Gasteiger partial charge in [-0.2, -0.15) is 0 Å². The Balaban J connectivity index is 1.99. The van der Waals surface area contributed by atoms with E-state index in [1.807, 2.05) is 36.6 Å². The molecule has 1 saturated heterocycles. The number of rotatable bonds is 4. The monoisotopic (exact) mass is 316 g/mol. The Morgan fingerprint density at radius 2 is 2.26 bits per heavy atom. The summed E-state index contributed by atoms with van der Waals surface area (Å²) in [5.41, 5.74) is 3.25. The van der Waals surface area contributed by atoms with Crippen molar-refractivity contribution in [2.45, 2.75) is 26.8 Å². The summed E-state index contributed by atoms with van der Waals surface area (Å²) in [5.74, 6) is -0.335. The Labute approximate surface area is 136 Å². The molecule has 3 rings (SSSR count). The summed E-state index contributed by atoms with van der Waals surface area (Å²) in [5, 5.41) is 3.41. The number of fused-ring (bicyclic) bond motifs is 1. The predicted octanol–water partition coefficient (Wildman–Crippen LogP) is 1.61. The predicted molar refractivity (Wildman–Crippen MR) is 88.6 cm³/mol. The highest BCUT2D eigenvalue weighted by Gasteiger charge is 2.23. The van der Waals surface area contributed by atoms with E-state index in [4.69, 9.17) is 4.74 Å². The van der Waals surface area contributed by atoms with Gasteiger partial charge in [-0.15, -0.1) is 0 Å². The van der Waals surface area contributed by atoms with E-state index in [1.165, 1.54) is 0 Å². The number of hydrogen-bond acceptors (Lipinski definition) is 5. The lowest BCUT2D eigenvalue weighted by atomic mass is 10.2. The molecule has 0 unspecified atom stereocenters. The zero-order valence-electron chi connectivity index (χ0n) is 13.8. The van der Waals surface area contributed by atoms with E-state index in [9.17, 15) is 4.79 Å². The molecule has 23 heavy (non-hydrogen) atoms. The second-order valence-electron chi connectivity index (χ2n) is 5.89. The molecule has 6 heteroatoms. The van der Waals surface area contributed by atoms with E-state index in [-0.39, 0.29) is 5.97 Å². The Morgan fingerprint density at radius 1 is 1.39 bits per heavy atom. The lowest BCUT2D eigenvalue weighted by Crippen LogP contribution is -2.29. The van der Waals surface area contributed by atoms with Gasteiger partial charge < -0.3 is 14.5 Å². The third-order valence-electron chi connectivity index (χ3n) is 4.22. The molecule has 0 radical (unpaired) electrons. The molecule has 0 amide bonds. The van der Waals surface area contributed by atoms with Crippen molar-refractivity contribution in [1.82, 2.24) is 19.6 Å². The first-order valence-corrected chi connectivity index (χ1v) is 8.27. The molecule has 2 aromatic heterocycles. The van der Waals surface area contributed by atoms with Crippen LogP contribution in [0.4, 0.5) is 0 Å². The number of imidazole rings is 1. The minimum atomic E-state index is -0.335. The highest BCUT2D eigenvalue weighted by Crippen LogP contribution is 2.19. The van der Waals surface area contributed by atoms with Crippen LogP contribution in [0.2, 0.25) is 0 Å². The van der Waals surface area contributed by atoms with Crippen LogP contribution < -0.4 is 5.32 Å². The number of nitrogens with one attached hydrogen (secondary N) is 1. The standard InChI is InChI=1S/C17H24N4O2/c1-3-23-17(22)15-14(12-20-9-5-7-18-8-11-20)21-10-4-6-13(2)16(21)19-15/h4,6,10,18H,3,5,7-9,11-12H2,1-2H3. The molecule has 0 spiro atoms.